The van der Waals surface area contributed by atoms with Gasteiger partial charge in [-0.15, -0.1) is 10.2 Å². The minimum absolute atomic E-state index is 0.0277. The highest BCUT2D eigenvalue weighted by atomic mass is 16.5. The van der Waals surface area contributed by atoms with Crippen molar-refractivity contribution in [3.63, 3.8) is 0 Å². The molecule has 4 rings (SSSR count). The lowest BCUT2D eigenvalue weighted by Gasteiger charge is -2.25. The van der Waals surface area contributed by atoms with Crippen molar-refractivity contribution in [3.05, 3.63) is 41.0 Å². The lowest BCUT2D eigenvalue weighted by atomic mass is 10.0. The van der Waals surface area contributed by atoms with Gasteiger partial charge < -0.3 is 19.9 Å². The molecule has 3 heterocycles. The van der Waals surface area contributed by atoms with E-state index in [0.717, 1.165) is 81.0 Å². The van der Waals surface area contributed by atoms with Crippen LogP contribution in [0.1, 0.15) is 86.4 Å². The number of fused-ring (bicyclic) bond motifs is 2. The van der Waals surface area contributed by atoms with E-state index in [9.17, 15) is 9.59 Å². The predicted molar refractivity (Wildman–Crippen MR) is 142 cm³/mol. The zero-order valence-electron chi connectivity index (χ0n) is 22.4. The molecule has 0 atom stereocenters. The summed E-state index contributed by atoms with van der Waals surface area (Å²) >= 11 is 0. The van der Waals surface area contributed by atoms with Gasteiger partial charge in [0.25, 0.3) is 5.91 Å². The Morgan fingerprint density at radius 2 is 1.97 bits per heavy atom. The number of hydrogen-bond acceptors (Lipinski definition) is 6. The van der Waals surface area contributed by atoms with Crippen LogP contribution in [0.15, 0.2) is 18.2 Å². The van der Waals surface area contributed by atoms with Gasteiger partial charge in [-0.2, -0.15) is 0 Å². The molecule has 0 unspecified atom stereocenters. The average molecular weight is 511 g/mol. The van der Waals surface area contributed by atoms with Crippen LogP contribution < -0.4 is 15.4 Å². The molecule has 1 aromatic carbocycles. The van der Waals surface area contributed by atoms with Crippen LogP contribution in [-0.2, 0) is 30.8 Å². The lowest BCUT2D eigenvalue weighted by molar-refractivity contribution is -0.122. The number of carbonyl (C=O) groups is 2. The largest absolute Gasteiger partial charge is 0.493 e. The van der Waals surface area contributed by atoms with Gasteiger partial charge in [0, 0.05) is 37.2 Å². The number of ether oxygens (including phenoxy) is 1. The van der Waals surface area contributed by atoms with E-state index in [1.807, 2.05) is 18.2 Å². The molecule has 9 nitrogen and oxygen atoms in total. The van der Waals surface area contributed by atoms with Crippen LogP contribution in [0.5, 0.6) is 5.75 Å². The molecular weight excluding hydrogens is 468 g/mol. The van der Waals surface area contributed by atoms with Crippen LogP contribution in [0.4, 0.5) is 0 Å². The number of rotatable bonds is 6. The molecule has 0 radical (unpaired) electrons. The summed E-state index contributed by atoms with van der Waals surface area (Å²) in [6, 6.07) is 5.66. The number of nitrogens with one attached hydrogen (secondary N) is 2. The Bertz CT molecular complexity index is 1050. The molecule has 2 aromatic rings. The predicted octanol–water partition coefficient (Wildman–Crippen LogP) is 3.46. The van der Waals surface area contributed by atoms with E-state index in [1.54, 1.807) is 0 Å². The van der Waals surface area contributed by atoms with Crippen LogP contribution >= 0.6 is 0 Å². The van der Waals surface area contributed by atoms with Crippen LogP contribution in [0.3, 0.4) is 0 Å². The van der Waals surface area contributed by atoms with E-state index in [2.05, 4.69) is 44.1 Å². The minimum atomic E-state index is -0.163. The van der Waals surface area contributed by atoms with E-state index in [4.69, 9.17) is 4.74 Å². The maximum absolute atomic E-state index is 13.5. The van der Waals surface area contributed by atoms with Crippen molar-refractivity contribution in [2.24, 2.45) is 5.92 Å². The van der Waals surface area contributed by atoms with Crippen LogP contribution in [0.2, 0.25) is 0 Å². The van der Waals surface area contributed by atoms with Gasteiger partial charge >= 0.3 is 0 Å². The number of hydrogen-bond donors (Lipinski definition) is 2. The fourth-order valence-electron chi connectivity index (χ4n) is 4.96. The highest BCUT2D eigenvalue weighted by Gasteiger charge is 2.22. The summed E-state index contributed by atoms with van der Waals surface area (Å²) in [5.74, 6) is 2.91. The number of aryl methyl sites for hydroxylation is 1. The van der Waals surface area contributed by atoms with Gasteiger partial charge in [0.2, 0.25) is 5.91 Å². The minimum Gasteiger partial charge on any atom is -0.493 e. The Kier molecular flexibility index (Phi) is 9.93. The first-order chi connectivity index (χ1) is 18.0. The number of benzene rings is 1. The molecule has 37 heavy (non-hydrogen) atoms. The van der Waals surface area contributed by atoms with Gasteiger partial charge in [-0.3, -0.25) is 14.5 Å². The molecule has 0 aliphatic carbocycles. The van der Waals surface area contributed by atoms with Gasteiger partial charge in [0.05, 0.1) is 19.7 Å². The van der Waals surface area contributed by atoms with Crippen molar-refractivity contribution in [3.8, 4) is 5.75 Å². The number of amides is 2. The van der Waals surface area contributed by atoms with Gasteiger partial charge in [-0.05, 0) is 63.1 Å². The number of carbonyl (C=O) groups excluding carboxylic acids is 2. The molecule has 1 aromatic heterocycles. The van der Waals surface area contributed by atoms with Crippen LogP contribution in [0, 0.1) is 5.92 Å². The van der Waals surface area contributed by atoms with Crippen molar-refractivity contribution in [2.45, 2.75) is 84.8 Å². The van der Waals surface area contributed by atoms with Gasteiger partial charge in [-0.25, -0.2) is 0 Å². The summed E-state index contributed by atoms with van der Waals surface area (Å²) in [5, 5.41) is 14.8. The maximum atomic E-state index is 13.5. The molecule has 2 aliphatic heterocycles. The maximum Gasteiger partial charge on any atom is 0.252 e. The first-order valence-corrected chi connectivity index (χ1v) is 13.9. The van der Waals surface area contributed by atoms with E-state index >= 15 is 0 Å². The third-order valence-electron chi connectivity index (χ3n) is 7.14. The first-order valence-electron chi connectivity index (χ1n) is 13.9. The molecule has 2 N–H and O–H groups in total. The van der Waals surface area contributed by atoms with Gasteiger partial charge in [-0.1, -0.05) is 26.3 Å². The summed E-state index contributed by atoms with van der Waals surface area (Å²) in [4.78, 5) is 28.3. The zero-order valence-corrected chi connectivity index (χ0v) is 22.4. The number of nitrogens with zero attached hydrogens (tertiary/aromatic N) is 4. The second-order valence-corrected chi connectivity index (χ2v) is 10.6. The first kappa shape index (κ1) is 27.1. The quantitative estimate of drug-likeness (QED) is 0.617. The van der Waals surface area contributed by atoms with Crippen molar-refractivity contribution in [2.75, 3.05) is 26.2 Å². The highest BCUT2D eigenvalue weighted by molar-refractivity contribution is 5.96. The van der Waals surface area contributed by atoms with Gasteiger partial charge in [0.1, 0.15) is 11.6 Å². The van der Waals surface area contributed by atoms with Crippen LogP contribution in [-0.4, -0.2) is 57.7 Å². The third-order valence-corrected chi connectivity index (χ3v) is 7.14. The Morgan fingerprint density at radius 3 is 2.84 bits per heavy atom. The van der Waals surface area contributed by atoms with Crippen molar-refractivity contribution in [1.29, 1.82) is 0 Å². The molecule has 0 saturated heterocycles. The Labute approximate surface area is 220 Å². The van der Waals surface area contributed by atoms with Crippen molar-refractivity contribution in [1.82, 2.24) is 30.3 Å². The highest BCUT2D eigenvalue weighted by Crippen LogP contribution is 2.26. The molecule has 9 heteroatoms. The third kappa shape index (κ3) is 7.77. The summed E-state index contributed by atoms with van der Waals surface area (Å²) in [6.45, 7) is 8.40. The summed E-state index contributed by atoms with van der Waals surface area (Å²) in [6.07, 6.45) is 8.15. The Hall–Kier alpha value is -2.94. The molecule has 0 saturated carbocycles. The van der Waals surface area contributed by atoms with Crippen molar-refractivity contribution < 1.29 is 14.3 Å². The second kappa shape index (κ2) is 13.6. The smallest absolute Gasteiger partial charge is 0.252 e. The summed E-state index contributed by atoms with van der Waals surface area (Å²) in [5.41, 5.74) is 1.41. The zero-order chi connectivity index (χ0) is 26.0. The molecule has 2 amide bonds. The number of aromatic nitrogens is 3. The fourth-order valence-corrected chi connectivity index (χ4v) is 4.96. The molecule has 2 aliphatic rings. The second-order valence-electron chi connectivity index (χ2n) is 10.6. The topological polar surface area (TPSA) is 101 Å². The monoisotopic (exact) mass is 510 g/mol. The standard InChI is InChI=1S/C28H42N6O3/c1-21(2)13-16-33-19-23-22(10-9-11-24(23)37-17-8-4-6-14-29-27(35)20-33)28(36)30-18-26-32-31-25-12-5-3-7-15-34(25)26/h9-11,21H,3-8,12-20H2,1-2H3,(H,29,35)(H,30,36). The lowest BCUT2D eigenvalue weighted by Crippen LogP contribution is -2.38. The van der Waals surface area contributed by atoms with E-state index < -0.39 is 0 Å². The molecule has 0 fully saturated rings. The van der Waals surface area contributed by atoms with Crippen molar-refractivity contribution >= 4 is 11.8 Å². The Balaban J connectivity index is 1.55. The normalized spacial score (nSPS) is 17.8. The van der Waals surface area contributed by atoms with E-state index in [-0.39, 0.29) is 11.8 Å². The summed E-state index contributed by atoms with van der Waals surface area (Å²) < 4.78 is 8.35. The summed E-state index contributed by atoms with van der Waals surface area (Å²) in [7, 11) is 0. The van der Waals surface area contributed by atoms with E-state index in [0.29, 0.717) is 44.3 Å². The van der Waals surface area contributed by atoms with Gasteiger partial charge in [0.15, 0.2) is 5.82 Å². The fraction of sp³-hybridized carbons (Fsp3) is 0.643. The molecule has 202 valence electrons. The van der Waals surface area contributed by atoms with Crippen LogP contribution in [0.25, 0.3) is 0 Å². The molecule has 0 spiro atoms. The molecular formula is C28H42N6O3. The average Bonchev–Trinajstić information content (AvgIpc) is 3.11. The van der Waals surface area contributed by atoms with E-state index in [1.165, 1.54) is 6.42 Å². The SMILES string of the molecule is CC(C)CCN1CC(=O)NCCCCCOc2cccc(C(=O)NCc3nnc4n3CCCCC4)c2C1. The molecule has 0 bridgehead atoms. The Morgan fingerprint density at radius 1 is 1.11 bits per heavy atom.